The lowest BCUT2D eigenvalue weighted by atomic mass is 10.1. The Labute approximate surface area is 155 Å². The molecule has 0 saturated carbocycles. The van der Waals surface area contributed by atoms with Crippen LogP contribution in [0.2, 0.25) is 5.02 Å². The Kier molecular flexibility index (Phi) is 6.68. The fourth-order valence-corrected chi connectivity index (χ4v) is 2.30. The number of nitro groups is 1. The lowest BCUT2D eigenvalue weighted by molar-refractivity contribution is -0.385. The number of halogens is 1. The number of nitrogens with one attached hydrogen (secondary N) is 1. The molecule has 1 amide bonds. The summed E-state index contributed by atoms with van der Waals surface area (Å²) in [6, 6.07) is 9.80. The smallest absolute Gasteiger partial charge is 0.338 e. The molecular formula is C18H17ClN2O5. The average molecular weight is 377 g/mol. The highest BCUT2D eigenvalue weighted by atomic mass is 35.5. The molecule has 0 aromatic heterocycles. The number of hydrogen-bond acceptors (Lipinski definition) is 5. The SMILES string of the molecule is CCCCOC(=O)c1ccc(NC(=O)c2cc(Cl)ccc2[N+](=O)[O-])cc1. The van der Waals surface area contributed by atoms with Gasteiger partial charge in [0.05, 0.1) is 17.1 Å². The van der Waals surface area contributed by atoms with E-state index in [0.29, 0.717) is 17.9 Å². The van der Waals surface area contributed by atoms with Crippen LogP contribution in [0.4, 0.5) is 11.4 Å². The van der Waals surface area contributed by atoms with Crippen LogP contribution in [0.1, 0.15) is 40.5 Å². The van der Waals surface area contributed by atoms with Crippen molar-refractivity contribution in [2.24, 2.45) is 0 Å². The molecule has 0 aliphatic heterocycles. The summed E-state index contributed by atoms with van der Waals surface area (Å²) in [4.78, 5) is 34.5. The summed E-state index contributed by atoms with van der Waals surface area (Å²) in [5.74, 6) is -1.11. The number of rotatable bonds is 7. The maximum atomic E-state index is 12.3. The molecule has 0 unspecified atom stereocenters. The fraction of sp³-hybridized carbons (Fsp3) is 0.222. The van der Waals surface area contributed by atoms with Crippen LogP contribution in [-0.4, -0.2) is 23.4 Å². The first-order chi connectivity index (χ1) is 12.4. The van der Waals surface area contributed by atoms with E-state index >= 15 is 0 Å². The van der Waals surface area contributed by atoms with E-state index < -0.39 is 16.8 Å². The minimum Gasteiger partial charge on any atom is -0.462 e. The molecule has 2 aromatic rings. The molecule has 0 aliphatic carbocycles. The lowest BCUT2D eigenvalue weighted by Crippen LogP contribution is -2.14. The fourth-order valence-electron chi connectivity index (χ4n) is 2.13. The highest BCUT2D eigenvalue weighted by molar-refractivity contribution is 6.31. The molecule has 0 fully saturated rings. The van der Waals surface area contributed by atoms with Gasteiger partial charge in [-0.05, 0) is 42.8 Å². The van der Waals surface area contributed by atoms with Crippen molar-refractivity contribution in [2.45, 2.75) is 19.8 Å². The highest BCUT2D eigenvalue weighted by Crippen LogP contribution is 2.24. The standard InChI is InChI=1S/C18H17ClN2O5/c1-2-3-10-26-18(23)12-4-7-14(8-5-12)20-17(22)15-11-13(19)6-9-16(15)21(24)25/h4-9,11H,2-3,10H2,1H3,(H,20,22). The topological polar surface area (TPSA) is 98.5 Å². The van der Waals surface area contributed by atoms with Crippen molar-refractivity contribution in [3.8, 4) is 0 Å². The summed E-state index contributed by atoms with van der Waals surface area (Å²) in [5, 5.41) is 13.8. The second kappa shape index (κ2) is 8.96. The van der Waals surface area contributed by atoms with Crippen LogP contribution < -0.4 is 5.32 Å². The van der Waals surface area contributed by atoms with E-state index in [4.69, 9.17) is 16.3 Å². The van der Waals surface area contributed by atoms with Gasteiger partial charge in [-0.2, -0.15) is 0 Å². The largest absolute Gasteiger partial charge is 0.462 e. The van der Waals surface area contributed by atoms with Crippen molar-refractivity contribution < 1.29 is 19.2 Å². The lowest BCUT2D eigenvalue weighted by Gasteiger charge is -2.08. The minimum absolute atomic E-state index is 0.148. The Bertz CT molecular complexity index is 821. The monoisotopic (exact) mass is 376 g/mol. The molecule has 0 radical (unpaired) electrons. The Hall–Kier alpha value is -2.93. The van der Waals surface area contributed by atoms with Crippen LogP contribution in [0.25, 0.3) is 0 Å². The van der Waals surface area contributed by atoms with Gasteiger partial charge in [0.25, 0.3) is 11.6 Å². The molecule has 136 valence electrons. The van der Waals surface area contributed by atoms with Crippen molar-refractivity contribution in [1.82, 2.24) is 0 Å². The van der Waals surface area contributed by atoms with Gasteiger partial charge in [-0.3, -0.25) is 14.9 Å². The molecule has 7 nitrogen and oxygen atoms in total. The van der Waals surface area contributed by atoms with E-state index in [9.17, 15) is 19.7 Å². The number of ether oxygens (including phenoxy) is 1. The normalized spacial score (nSPS) is 10.2. The summed E-state index contributed by atoms with van der Waals surface area (Å²) < 4.78 is 5.10. The maximum Gasteiger partial charge on any atom is 0.338 e. The molecule has 2 aromatic carbocycles. The molecule has 0 bridgehead atoms. The number of unbranched alkanes of at least 4 members (excludes halogenated alkanes) is 1. The molecule has 2 rings (SSSR count). The third-order valence-electron chi connectivity index (χ3n) is 3.51. The number of carbonyl (C=O) groups excluding carboxylic acids is 2. The number of anilines is 1. The molecule has 0 atom stereocenters. The maximum absolute atomic E-state index is 12.3. The Morgan fingerprint density at radius 1 is 1.19 bits per heavy atom. The van der Waals surface area contributed by atoms with Crippen LogP contribution in [0, 0.1) is 10.1 Å². The van der Waals surface area contributed by atoms with Crippen LogP contribution in [0.5, 0.6) is 0 Å². The van der Waals surface area contributed by atoms with Crippen molar-refractivity contribution in [1.29, 1.82) is 0 Å². The van der Waals surface area contributed by atoms with Gasteiger partial charge in [0.2, 0.25) is 0 Å². The number of carbonyl (C=O) groups is 2. The van der Waals surface area contributed by atoms with Gasteiger partial charge in [-0.15, -0.1) is 0 Å². The molecule has 0 heterocycles. The van der Waals surface area contributed by atoms with E-state index in [1.165, 1.54) is 42.5 Å². The third-order valence-corrected chi connectivity index (χ3v) is 3.74. The van der Waals surface area contributed by atoms with E-state index in [2.05, 4.69) is 5.32 Å². The van der Waals surface area contributed by atoms with Crippen LogP contribution in [0.3, 0.4) is 0 Å². The third kappa shape index (κ3) is 5.03. The molecule has 8 heteroatoms. The minimum atomic E-state index is -0.669. The van der Waals surface area contributed by atoms with E-state index in [0.717, 1.165) is 12.8 Å². The molecule has 1 N–H and O–H groups in total. The first kappa shape index (κ1) is 19.4. The predicted octanol–water partition coefficient (Wildman–Crippen LogP) is 4.46. The number of hydrogen-bond donors (Lipinski definition) is 1. The Morgan fingerprint density at radius 3 is 2.50 bits per heavy atom. The zero-order valence-electron chi connectivity index (χ0n) is 14.0. The molecule has 0 saturated heterocycles. The number of nitrogens with zero attached hydrogens (tertiary/aromatic N) is 1. The molecule has 26 heavy (non-hydrogen) atoms. The van der Waals surface area contributed by atoms with Gasteiger partial charge in [0.15, 0.2) is 0 Å². The highest BCUT2D eigenvalue weighted by Gasteiger charge is 2.20. The van der Waals surface area contributed by atoms with Gasteiger partial charge in [-0.1, -0.05) is 24.9 Å². The number of amides is 1. The van der Waals surface area contributed by atoms with Crippen LogP contribution in [0.15, 0.2) is 42.5 Å². The molecule has 0 spiro atoms. The van der Waals surface area contributed by atoms with Gasteiger partial charge < -0.3 is 10.1 Å². The predicted molar refractivity (Wildman–Crippen MR) is 97.7 cm³/mol. The van der Waals surface area contributed by atoms with Crippen LogP contribution in [-0.2, 0) is 4.74 Å². The van der Waals surface area contributed by atoms with Gasteiger partial charge in [0, 0.05) is 16.8 Å². The quantitative estimate of drug-likeness (QED) is 0.333. The van der Waals surface area contributed by atoms with Crippen molar-refractivity contribution in [3.63, 3.8) is 0 Å². The summed E-state index contributed by atoms with van der Waals surface area (Å²) in [6.45, 7) is 2.35. The Balaban J connectivity index is 2.10. The summed E-state index contributed by atoms with van der Waals surface area (Å²) >= 11 is 5.82. The number of benzene rings is 2. The summed E-state index contributed by atoms with van der Waals surface area (Å²) in [5.41, 5.74) is 0.246. The van der Waals surface area contributed by atoms with Crippen molar-refractivity contribution in [2.75, 3.05) is 11.9 Å². The molecular weight excluding hydrogens is 360 g/mol. The van der Waals surface area contributed by atoms with E-state index in [1.54, 1.807) is 0 Å². The average Bonchev–Trinajstić information content (AvgIpc) is 2.62. The van der Waals surface area contributed by atoms with E-state index in [-0.39, 0.29) is 16.3 Å². The van der Waals surface area contributed by atoms with Gasteiger partial charge in [0.1, 0.15) is 5.56 Å². The number of esters is 1. The second-order valence-corrected chi connectivity index (χ2v) is 5.88. The number of nitro benzene ring substituents is 1. The van der Waals surface area contributed by atoms with Gasteiger partial charge >= 0.3 is 5.97 Å². The van der Waals surface area contributed by atoms with Crippen molar-refractivity contribution >= 4 is 34.9 Å². The first-order valence-corrected chi connectivity index (χ1v) is 8.32. The first-order valence-electron chi connectivity index (χ1n) is 7.95. The van der Waals surface area contributed by atoms with Crippen molar-refractivity contribution in [3.05, 3.63) is 68.7 Å². The summed E-state index contributed by atoms with van der Waals surface area (Å²) in [6.07, 6.45) is 1.71. The van der Waals surface area contributed by atoms with E-state index in [1.807, 2.05) is 6.92 Å². The molecule has 0 aliphatic rings. The summed E-state index contributed by atoms with van der Waals surface area (Å²) in [7, 11) is 0. The van der Waals surface area contributed by atoms with Gasteiger partial charge in [-0.25, -0.2) is 4.79 Å². The van der Waals surface area contributed by atoms with Crippen LogP contribution >= 0.6 is 11.6 Å². The second-order valence-electron chi connectivity index (χ2n) is 5.44. The zero-order valence-corrected chi connectivity index (χ0v) is 14.8. The zero-order chi connectivity index (χ0) is 19.1. The Morgan fingerprint density at radius 2 is 1.88 bits per heavy atom.